The average Bonchev–Trinajstić information content (AvgIpc) is 2.44. The third kappa shape index (κ3) is 6.68. The maximum atomic E-state index is 13.0. The van der Waals surface area contributed by atoms with Crippen LogP contribution in [0.2, 0.25) is 5.02 Å². The van der Waals surface area contributed by atoms with E-state index in [1.807, 2.05) is 6.07 Å². The van der Waals surface area contributed by atoms with Gasteiger partial charge in [0, 0.05) is 23.6 Å². The van der Waals surface area contributed by atoms with E-state index in [-0.39, 0.29) is 39.6 Å². The molecule has 2 N–H and O–H groups in total. The number of pyridine rings is 1. The van der Waals surface area contributed by atoms with Gasteiger partial charge >= 0.3 is 17.1 Å². The van der Waals surface area contributed by atoms with Gasteiger partial charge in [0.1, 0.15) is 5.82 Å². The third-order valence-corrected chi connectivity index (χ3v) is 2.72. The first-order valence-electron chi connectivity index (χ1n) is 5.60. The van der Waals surface area contributed by atoms with Crippen molar-refractivity contribution in [3.8, 4) is 0 Å². The van der Waals surface area contributed by atoms with Crippen LogP contribution in [0.25, 0.3) is 0 Å². The van der Waals surface area contributed by atoms with E-state index < -0.39 is 5.82 Å². The topological polar surface area (TPSA) is 49.3 Å². The molecule has 22 heavy (non-hydrogen) atoms. The first kappa shape index (κ1) is 20.8. The summed E-state index contributed by atoms with van der Waals surface area (Å²) in [4.78, 5) is 3.95. The maximum Gasteiger partial charge on any atom is 2.00 e. The Bertz CT molecular complexity index is 643. The summed E-state index contributed by atoms with van der Waals surface area (Å²) in [6.45, 7) is 0. The fraction of sp³-hybridized carbons (Fsp3) is 0. The van der Waals surface area contributed by atoms with Crippen molar-refractivity contribution >= 4 is 40.8 Å². The quantitative estimate of drug-likeness (QED) is 0.330. The Labute approximate surface area is 154 Å². The predicted octanol–water partition coefficient (Wildman–Crippen LogP) is 0.196. The number of hydrogen-bond donors (Lipinski definition) is 2. The number of nitrogens with one attached hydrogen (secondary N) is 2. The van der Waals surface area contributed by atoms with E-state index in [4.69, 9.17) is 23.8 Å². The number of aromatic nitrogens is 1. The zero-order valence-corrected chi connectivity index (χ0v) is 14.1. The molecule has 1 radical (unpaired) electrons. The summed E-state index contributed by atoms with van der Waals surface area (Å²) >= 11 is 10.7. The summed E-state index contributed by atoms with van der Waals surface area (Å²) in [5, 5.41) is 7.08. The smallest absolute Gasteiger partial charge is 1.00 e. The zero-order chi connectivity index (χ0) is 14.4. The average molecular weight is 408 g/mol. The molecular weight excluding hydrogens is 398 g/mol. The van der Waals surface area contributed by atoms with E-state index >= 15 is 0 Å². The second-order valence-electron chi connectivity index (χ2n) is 3.74. The fourth-order valence-corrected chi connectivity index (χ4v) is 1.70. The zero-order valence-electron chi connectivity index (χ0n) is 10.9. The molecule has 0 aliphatic carbocycles. The van der Waals surface area contributed by atoms with Gasteiger partial charge in [-0.1, -0.05) is 17.7 Å². The van der Waals surface area contributed by atoms with Crippen LogP contribution in [0.15, 0.2) is 47.8 Å². The first-order valence-corrected chi connectivity index (χ1v) is 6.39. The molecule has 0 fully saturated rings. The van der Waals surface area contributed by atoms with Crippen LogP contribution < -0.4 is 23.1 Å². The molecule has 0 spiro atoms. The van der Waals surface area contributed by atoms with Crippen LogP contribution in [0.1, 0.15) is 5.56 Å². The second kappa shape index (κ2) is 10.5. The molecule has 0 saturated carbocycles. The van der Waals surface area contributed by atoms with Crippen LogP contribution in [0.4, 0.5) is 10.1 Å². The largest absolute Gasteiger partial charge is 2.00 e. The molecular formula is C13H10Cl2CuFN4S+. The van der Waals surface area contributed by atoms with Crippen LogP contribution in [-0.4, -0.2) is 16.3 Å². The SMILES string of the molecule is Fc1ccc(NC(=S)N/N=C/c2cccnc2)cc1Cl.[Cl-].[Cu+2]. The minimum Gasteiger partial charge on any atom is -1.00 e. The van der Waals surface area contributed by atoms with Crippen molar-refractivity contribution in [3.63, 3.8) is 0 Å². The van der Waals surface area contributed by atoms with Crippen LogP contribution >= 0.6 is 23.8 Å². The normalized spacial score (nSPS) is 9.55. The molecule has 0 amide bonds. The van der Waals surface area contributed by atoms with Gasteiger partial charge < -0.3 is 17.7 Å². The number of anilines is 1. The van der Waals surface area contributed by atoms with E-state index in [1.165, 1.54) is 18.2 Å². The van der Waals surface area contributed by atoms with Crippen molar-refractivity contribution in [3.05, 3.63) is 59.1 Å². The molecule has 0 aliphatic rings. The van der Waals surface area contributed by atoms with Gasteiger partial charge in [-0.25, -0.2) is 4.39 Å². The van der Waals surface area contributed by atoms with E-state index in [0.29, 0.717) is 5.69 Å². The molecule has 4 nitrogen and oxygen atoms in total. The van der Waals surface area contributed by atoms with Gasteiger partial charge in [-0.2, -0.15) is 5.10 Å². The van der Waals surface area contributed by atoms with Crippen LogP contribution in [-0.2, 0) is 17.1 Å². The van der Waals surface area contributed by atoms with E-state index in [2.05, 4.69) is 20.8 Å². The van der Waals surface area contributed by atoms with Crippen molar-refractivity contribution < 1.29 is 33.9 Å². The summed E-state index contributed by atoms with van der Waals surface area (Å²) in [7, 11) is 0. The van der Waals surface area contributed by atoms with Gasteiger partial charge in [0.15, 0.2) is 5.11 Å². The molecule has 1 aromatic heterocycles. The Morgan fingerprint density at radius 3 is 2.77 bits per heavy atom. The molecule has 2 aromatic rings. The van der Waals surface area contributed by atoms with Crippen molar-refractivity contribution in [2.24, 2.45) is 5.10 Å². The number of nitrogens with zero attached hydrogens (tertiary/aromatic N) is 2. The maximum absolute atomic E-state index is 13.0. The minimum atomic E-state index is -0.481. The second-order valence-corrected chi connectivity index (χ2v) is 4.55. The van der Waals surface area contributed by atoms with Crippen LogP contribution in [0.5, 0.6) is 0 Å². The van der Waals surface area contributed by atoms with Gasteiger partial charge in [-0.3, -0.25) is 10.4 Å². The van der Waals surface area contributed by atoms with Crippen LogP contribution in [0.3, 0.4) is 0 Å². The van der Waals surface area contributed by atoms with Crippen molar-refractivity contribution in [2.75, 3.05) is 5.32 Å². The van der Waals surface area contributed by atoms with Crippen molar-refractivity contribution in [1.29, 1.82) is 0 Å². The molecule has 1 heterocycles. The monoisotopic (exact) mass is 406 g/mol. The Morgan fingerprint density at radius 1 is 1.36 bits per heavy atom. The number of thiocarbonyl (C=S) groups is 1. The fourth-order valence-electron chi connectivity index (χ4n) is 1.35. The molecule has 0 bridgehead atoms. The van der Waals surface area contributed by atoms with Gasteiger partial charge in [-0.15, -0.1) is 0 Å². The van der Waals surface area contributed by atoms with Crippen LogP contribution in [0, 0.1) is 5.82 Å². The standard InChI is InChI=1S/C13H10ClFN4S.ClH.Cu/c14-11-6-10(3-4-12(11)15)18-13(20)19-17-8-9-2-1-5-16-7-9;;/h1-8H,(H2,18,19,20);1H;/q;;+2/p-1/b17-8+;;. The summed E-state index contributed by atoms with van der Waals surface area (Å²) in [6, 6.07) is 7.88. The number of halogens is 3. The van der Waals surface area contributed by atoms with Gasteiger partial charge in [-0.05, 0) is 36.5 Å². The Morgan fingerprint density at radius 2 is 2.14 bits per heavy atom. The Kier molecular flexibility index (Phi) is 9.89. The van der Waals surface area contributed by atoms with Gasteiger partial charge in [0.05, 0.1) is 11.2 Å². The first-order chi connectivity index (χ1) is 9.65. The number of benzene rings is 1. The molecule has 0 atom stereocenters. The van der Waals surface area contributed by atoms with Crippen molar-refractivity contribution in [2.45, 2.75) is 0 Å². The van der Waals surface area contributed by atoms with E-state index in [1.54, 1.807) is 24.7 Å². The summed E-state index contributed by atoms with van der Waals surface area (Å²) in [5.41, 5.74) is 4.05. The Hall–Kier alpha value is -1.24. The number of hydrogen-bond acceptors (Lipinski definition) is 3. The predicted molar refractivity (Wildman–Crippen MR) is 82.6 cm³/mol. The van der Waals surface area contributed by atoms with Gasteiger partial charge in [0.2, 0.25) is 0 Å². The Balaban J connectivity index is 0.00000220. The third-order valence-electron chi connectivity index (χ3n) is 2.24. The number of hydrazone groups is 1. The van der Waals surface area contributed by atoms with Gasteiger partial charge in [0.25, 0.3) is 0 Å². The van der Waals surface area contributed by atoms with E-state index in [9.17, 15) is 4.39 Å². The molecule has 0 saturated heterocycles. The minimum absolute atomic E-state index is 0. The number of rotatable bonds is 3. The summed E-state index contributed by atoms with van der Waals surface area (Å²) in [5.74, 6) is -0.481. The molecule has 1 aromatic carbocycles. The molecule has 0 unspecified atom stereocenters. The molecule has 119 valence electrons. The summed E-state index contributed by atoms with van der Waals surface area (Å²) in [6.07, 6.45) is 4.93. The molecule has 2 rings (SSSR count). The summed E-state index contributed by atoms with van der Waals surface area (Å²) < 4.78 is 13.0. The molecule has 9 heteroatoms. The van der Waals surface area contributed by atoms with E-state index in [0.717, 1.165) is 5.56 Å². The van der Waals surface area contributed by atoms with Crippen molar-refractivity contribution in [1.82, 2.24) is 10.4 Å². The molecule has 0 aliphatic heterocycles.